The van der Waals surface area contributed by atoms with E-state index < -0.39 is 0 Å². The van der Waals surface area contributed by atoms with Crippen LogP contribution in [0, 0.1) is 91.2 Å². The van der Waals surface area contributed by atoms with Gasteiger partial charge in [0.05, 0.1) is 17.7 Å². The van der Waals surface area contributed by atoms with Gasteiger partial charge in [0.1, 0.15) is 6.29 Å². The average molecular weight is 1730 g/mol. The molecule has 0 amide bonds. The van der Waals surface area contributed by atoms with Gasteiger partial charge in [-0.3, -0.25) is 9.59 Å². The summed E-state index contributed by atoms with van der Waals surface area (Å²) in [4.78, 5) is 39.6. The van der Waals surface area contributed by atoms with E-state index in [1.807, 2.05) is 26.0 Å². The summed E-state index contributed by atoms with van der Waals surface area (Å²) in [5.41, 5.74) is 17.8. The smallest absolute Gasteiger partial charge is 0.516 e. The molecule has 17 heteroatoms. The molecule has 0 aliphatic heterocycles. The fourth-order valence-electron chi connectivity index (χ4n) is 20.4. The van der Waals surface area contributed by atoms with Crippen molar-refractivity contribution in [1.82, 2.24) is 9.80 Å². The van der Waals surface area contributed by atoms with Crippen LogP contribution in [0.2, 0.25) is 0 Å². The molecular formula is C91H147Ag2Cl2N4O9. The number of hydrogen-bond acceptors (Lipinski definition) is 13. The number of nitriles is 1. The minimum atomic E-state index is -0.240. The Kier molecular flexibility index (Phi) is 39.6. The van der Waals surface area contributed by atoms with Crippen LogP contribution in [0.4, 0.5) is 0 Å². The summed E-state index contributed by atoms with van der Waals surface area (Å²) in [6.07, 6.45) is 43.5. The number of alkyl halides is 2. The molecule has 0 spiro atoms. The van der Waals surface area contributed by atoms with Gasteiger partial charge in [0.2, 0.25) is 5.78 Å². The van der Waals surface area contributed by atoms with Gasteiger partial charge in [-0.2, -0.15) is 5.26 Å². The van der Waals surface area contributed by atoms with E-state index in [0.29, 0.717) is 51.4 Å². The largest absolute Gasteiger partial charge is 1.00 e. The van der Waals surface area contributed by atoms with Crippen LogP contribution < -0.4 is 5.73 Å². The number of nitrogens with zero attached hydrogens (tertiary/aromatic N) is 3. The molecule has 621 valence electrons. The molecule has 1 radical (unpaired) electrons. The number of nitrogens with two attached hydrogens (primary N) is 1. The van der Waals surface area contributed by atoms with Crippen LogP contribution in [0.1, 0.15) is 291 Å². The zero-order chi connectivity index (χ0) is 81.4. The van der Waals surface area contributed by atoms with Crippen LogP contribution in [0.15, 0.2) is 101 Å². The maximum absolute atomic E-state index is 12.6. The van der Waals surface area contributed by atoms with Gasteiger partial charge in [-0.05, 0) is 338 Å². The summed E-state index contributed by atoms with van der Waals surface area (Å²) in [7, 11) is 8.56. The van der Waals surface area contributed by atoms with Crippen LogP contribution in [-0.2, 0) is 75.9 Å². The molecule has 5 fully saturated rings. The summed E-state index contributed by atoms with van der Waals surface area (Å²) in [6, 6.07) is 3.59. The number of halogens is 2. The van der Waals surface area contributed by atoms with Crippen molar-refractivity contribution < 1.29 is 89.7 Å². The van der Waals surface area contributed by atoms with E-state index in [1.165, 1.54) is 94.3 Å². The Morgan fingerprint density at radius 3 is 1.90 bits per heavy atom. The number of ketones is 1. The zero-order valence-electron chi connectivity index (χ0n) is 71.8. The summed E-state index contributed by atoms with van der Waals surface area (Å²) >= 11 is 9.53. The van der Waals surface area contributed by atoms with Crippen LogP contribution in [0.5, 0.6) is 11.5 Å². The molecule has 1 aromatic carbocycles. The van der Waals surface area contributed by atoms with Crippen molar-refractivity contribution in [3.05, 3.63) is 117 Å². The second-order valence-electron chi connectivity index (χ2n) is 38.2. The van der Waals surface area contributed by atoms with Crippen molar-refractivity contribution >= 4 is 41.7 Å². The van der Waals surface area contributed by atoms with Gasteiger partial charge in [0.25, 0.3) is 0 Å². The van der Waals surface area contributed by atoms with Crippen LogP contribution in [0.3, 0.4) is 0 Å². The Bertz CT molecular complexity index is 3450. The summed E-state index contributed by atoms with van der Waals surface area (Å²) in [5, 5.41) is 54.2. The number of aliphatic hydroxyl groups is 2. The first-order valence-corrected chi connectivity index (χ1v) is 40.6. The van der Waals surface area contributed by atoms with Crippen molar-refractivity contribution in [2.75, 3.05) is 33.5 Å². The van der Waals surface area contributed by atoms with Gasteiger partial charge >= 0.3 is 22.4 Å². The third kappa shape index (κ3) is 23.6. The van der Waals surface area contributed by atoms with Gasteiger partial charge in [0.15, 0.2) is 17.3 Å². The number of benzene rings is 1. The van der Waals surface area contributed by atoms with Crippen molar-refractivity contribution in [3.8, 4) is 17.6 Å². The average Bonchev–Trinajstić information content (AvgIpc) is 0.694. The van der Waals surface area contributed by atoms with Gasteiger partial charge in [-0.1, -0.05) is 145 Å². The van der Waals surface area contributed by atoms with E-state index in [2.05, 4.69) is 212 Å². The zero-order valence-corrected chi connectivity index (χ0v) is 76.3. The number of phenolic OH excluding ortho intramolecular Hbond substituents is 2. The molecule has 8 aliphatic carbocycles. The Morgan fingerprint density at radius 1 is 0.815 bits per heavy atom. The van der Waals surface area contributed by atoms with E-state index in [-0.39, 0.29) is 117 Å². The third-order valence-corrected chi connectivity index (χ3v) is 28.9. The van der Waals surface area contributed by atoms with Crippen molar-refractivity contribution in [2.45, 2.75) is 310 Å². The van der Waals surface area contributed by atoms with Gasteiger partial charge in [-0.15, -0.1) is 23.2 Å². The van der Waals surface area contributed by atoms with Gasteiger partial charge < -0.3 is 45.6 Å². The second-order valence-corrected chi connectivity index (χ2v) is 39.0. The summed E-state index contributed by atoms with van der Waals surface area (Å²) in [6.45, 7) is 53.5. The molecule has 0 aromatic heterocycles. The fourth-order valence-corrected chi connectivity index (χ4v) is 20.4. The van der Waals surface area contributed by atoms with Crippen molar-refractivity contribution in [1.29, 1.82) is 5.26 Å². The SMILES string of the molecule is CC#N.CC1=C(O)C(=O)C=C2C1=CC=C1[C@@H](C)CC[C@@](C)(CCC(C)(C)N(C)C)C[C@H](C)CC[C@@]21C.CC[C@]1(C)C2=CCc3c(cc(O)c(O)c3C)[C@]2(C)CC[C@@]1(C)CC(C)C.CN(C)C(C)(C)C.C[C@@]1(N)CC[C@]2(C)CC[C@]3(C)C(C/C=C/C=C/O)[C@](C)(/C=C/C=O)CC[C@@]3(C)[C@@H]2C1.ClCCl.O=[C-]OO.[Ag+].[Ag]. The third-order valence-electron chi connectivity index (χ3n) is 28.9. The molecule has 0 heterocycles. The molecule has 14 atom stereocenters. The first-order valence-electron chi connectivity index (χ1n) is 39.5. The second kappa shape index (κ2) is 41.7. The number of fused-ring (bicyclic) bond motifs is 9. The molecule has 1 unspecified atom stereocenters. The monoisotopic (exact) mass is 1720 g/mol. The molecule has 7 N–H and O–H groups in total. The van der Waals surface area contributed by atoms with Crippen molar-refractivity contribution in [3.63, 3.8) is 0 Å². The normalized spacial score (nSPS) is 33.4. The first kappa shape index (κ1) is 103. The Morgan fingerprint density at radius 2 is 1.38 bits per heavy atom. The molecule has 9 rings (SSSR count). The van der Waals surface area contributed by atoms with Gasteiger partial charge in [-0.25, -0.2) is 5.26 Å². The van der Waals surface area contributed by atoms with Crippen LogP contribution in [0.25, 0.3) is 0 Å². The maximum atomic E-state index is 12.6. The maximum Gasteiger partial charge on any atom is 1.00 e. The number of carbonyl (C=O) groups is 2. The number of aliphatic hydroxyl groups excluding tert-OH is 2. The van der Waals surface area contributed by atoms with E-state index >= 15 is 0 Å². The van der Waals surface area contributed by atoms with Gasteiger partial charge in [0, 0.05) is 62.3 Å². The number of rotatable bonds is 13. The standard InChI is InChI=1S/C30H47NO2.C27H43NO2.C24H36O2.C6H15N.C2H3N.CH2Cl2.CHO3.2Ag/c1-20-12-15-30(7)24(11-10-23-22(3)27(33)26(32)18-25(23)30)21(2)13-14-29(6,19-20)17-16-28(4,5)31(8)9;1-23(11-9-19-30)13-17-27(5)22-20-25(3,28)15-12-24(22,2)14-16-26(27,4)21(23)10-7-6-8-18-29;1-8-24(7)20-10-9-17-16(4)21(26)19(25)13-18(17)23(20,6)12-11-22(24,5)14-15(2)3;1-6(2,3)7(4)5;1-2-3;2-1-3;2-1-4-3;;/h10-11,18,20-21,33H,12-17,19H2,1-9H3;6-9,11,18-19,21-22,29H,10,12-17,20,28H2,1-5H3;10,13,15,25-26H,8-9,11-12,14H2,1-7H3;1-5H3;1H3;1H2;3H;;/q;;;;;;-1;;+1/b;7-6+,11-9+,18-8+;;;;;;;/t20-,21+,29+,30-;21?,22-,23-,24-,25-,26-,27+;22-,23-,24+;;;;;;/m110....../s1. The van der Waals surface area contributed by atoms with Crippen LogP contribution >= 0.6 is 23.2 Å². The molecule has 108 heavy (non-hydrogen) atoms. The quantitative estimate of drug-likeness (QED) is 0.00927. The number of phenols is 2. The molecule has 0 bridgehead atoms. The molecule has 8 aliphatic rings. The van der Waals surface area contributed by atoms with E-state index in [4.69, 9.17) is 49.4 Å². The minimum absolute atomic E-state index is 0. The van der Waals surface area contributed by atoms with Crippen molar-refractivity contribution in [2.24, 2.45) is 78.6 Å². The summed E-state index contributed by atoms with van der Waals surface area (Å²) < 4.78 is 0. The predicted octanol–water partition coefficient (Wildman–Crippen LogP) is 23.3. The predicted molar refractivity (Wildman–Crippen MR) is 444 cm³/mol. The Labute approximate surface area is 698 Å². The van der Waals surface area contributed by atoms with E-state index in [0.717, 1.165) is 99.1 Å². The number of aromatic hydroxyl groups is 2. The summed E-state index contributed by atoms with van der Waals surface area (Å²) in [5.74, 6) is 2.62. The molecule has 1 aromatic rings. The minimum Gasteiger partial charge on any atom is -0.516 e. The van der Waals surface area contributed by atoms with E-state index in [9.17, 15) is 24.9 Å². The molecular weight excluding hydrogens is 1580 g/mol. The topological polar surface area (TPSA) is 218 Å². The molecule has 0 saturated heterocycles. The Balaban J connectivity index is 0.000000726. The number of allylic oxidation sites excluding steroid dienone is 14. The number of aldehydes is 1. The van der Waals surface area contributed by atoms with E-state index in [1.54, 1.807) is 29.9 Å². The number of carbonyl (C=O) groups excluding carboxylic acids is 3. The Hall–Kier alpha value is -3.46. The number of hydrogen-bond donors (Lipinski definition) is 6. The molecule has 13 nitrogen and oxygen atoms in total. The molecule has 5 saturated carbocycles. The fraction of sp³-hybridized carbons (Fsp3) is 0.714. The van der Waals surface area contributed by atoms with Crippen LogP contribution in [-0.4, -0.2) is 104 Å². The first-order chi connectivity index (χ1) is 48.8.